The normalized spacial score (nSPS) is 19.5. The summed E-state index contributed by atoms with van der Waals surface area (Å²) in [5, 5.41) is 6.19. The second-order valence-electron chi connectivity index (χ2n) is 6.76. The van der Waals surface area contributed by atoms with Gasteiger partial charge >= 0.3 is 0 Å². The maximum Gasteiger partial charge on any atom is 0.253 e. The Hall–Kier alpha value is -1.63. The van der Waals surface area contributed by atoms with Crippen molar-refractivity contribution in [3.05, 3.63) is 35.9 Å². The fourth-order valence-corrected chi connectivity index (χ4v) is 3.14. The minimum Gasteiger partial charge on any atom is -0.383 e. The molecule has 146 valence electrons. The molecule has 1 aromatic rings. The molecule has 2 N–H and O–H groups in total. The minimum absolute atomic E-state index is 0. The summed E-state index contributed by atoms with van der Waals surface area (Å²) in [7, 11) is 1.66. The van der Waals surface area contributed by atoms with Gasteiger partial charge in [0.25, 0.3) is 5.91 Å². The third-order valence-corrected chi connectivity index (χ3v) is 4.62. The lowest BCUT2D eigenvalue weighted by Gasteiger charge is -2.39. The second kappa shape index (κ2) is 11.2. The summed E-state index contributed by atoms with van der Waals surface area (Å²) < 4.78 is 4.96. The number of halogens is 1. The Morgan fingerprint density at radius 3 is 2.62 bits per heavy atom. The molecule has 0 spiro atoms. The van der Waals surface area contributed by atoms with Crippen molar-refractivity contribution < 1.29 is 14.3 Å². The zero-order valence-corrected chi connectivity index (χ0v) is 16.4. The molecule has 6 nitrogen and oxygen atoms in total. The fourth-order valence-electron chi connectivity index (χ4n) is 3.14. The first-order valence-electron chi connectivity index (χ1n) is 8.89. The predicted octanol–water partition coefficient (Wildman–Crippen LogP) is 1.70. The number of nitrogens with one attached hydrogen (secondary N) is 2. The van der Waals surface area contributed by atoms with E-state index in [-0.39, 0.29) is 24.2 Å². The summed E-state index contributed by atoms with van der Waals surface area (Å²) >= 11 is 0. The molecule has 7 heteroatoms. The van der Waals surface area contributed by atoms with E-state index in [0.717, 1.165) is 19.4 Å². The Balaban J connectivity index is 0.00000338. The SMILES string of the molecule is COCCNCCNC(=O)C1(C)CCCN(C(=O)c2ccccc2)C1.Cl. The van der Waals surface area contributed by atoms with Gasteiger partial charge in [0.15, 0.2) is 0 Å². The maximum atomic E-state index is 12.6. The van der Waals surface area contributed by atoms with Crippen LogP contribution in [0.2, 0.25) is 0 Å². The molecule has 1 aliphatic rings. The van der Waals surface area contributed by atoms with Gasteiger partial charge in [0.1, 0.15) is 0 Å². The molecule has 0 radical (unpaired) electrons. The molecule has 0 bridgehead atoms. The number of rotatable bonds is 8. The molecule has 1 heterocycles. The van der Waals surface area contributed by atoms with Gasteiger partial charge in [0.2, 0.25) is 5.91 Å². The molecule has 1 unspecified atom stereocenters. The fraction of sp³-hybridized carbons (Fsp3) is 0.579. The quantitative estimate of drug-likeness (QED) is 0.670. The Labute approximate surface area is 162 Å². The number of ether oxygens (including phenoxy) is 1. The third kappa shape index (κ3) is 6.27. The second-order valence-corrected chi connectivity index (χ2v) is 6.76. The van der Waals surface area contributed by atoms with Gasteiger partial charge in [-0.3, -0.25) is 9.59 Å². The largest absolute Gasteiger partial charge is 0.383 e. The Bertz CT molecular complexity index is 570. The molecule has 1 fully saturated rings. The third-order valence-electron chi connectivity index (χ3n) is 4.62. The van der Waals surface area contributed by atoms with E-state index in [2.05, 4.69) is 10.6 Å². The Kier molecular flexibility index (Phi) is 9.62. The summed E-state index contributed by atoms with van der Waals surface area (Å²) in [5.41, 5.74) is 0.143. The van der Waals surface area contributed by atoms with Gasteiger partial charge < -0.3 is 20.3 Å². The average molecular weight is 384 g/mol. The zero-order chi connectivity index (χ0) is 18.1. The molecule has 1 aliphatic heterocycles. The van der Waals surface area contributed by atoms with Crippen LogP contribution in [0.1, 0.15) is 30.1 Å². The summed E-state index contributed by atoms with van der Waals surface area (Å²) in [4.78, 5) is 27.1. The van der Waals surface area contributed by atoms with Crippen LogP contribution in [0.3, 0.4) is 0 Å². The molecule has 2 rings (SSSR count). The number of hydrogen-bond acceptors (Lipinski definition) is 4. The maximum absolute atomic E-state index is 12.6. The van der Waals surface area contributed by atoms with Gasteiger partial charge in [0.05, 0.1) is 12.0 Å². The summed E-state index contributed by atoms with van der Waals surface area (Å²) in [6.45, 7) is 5.82. The lowest BCUT2D eigenvalue weighted by Crippen LogP contribution is -2.52. The first-order chi connectivity index (χ1) is 12.1. The van der Waals surface area contributed by atoms with Crippen LogP contribution in [0.25, 0.3) is 0 Å². The van der Waals surface area contributed by atoms with Gasteiger partial charge in [-0.25, -0.2) is 0 Å². The van der Waals surface area contributed by atoms with Crippen LogP contribution in [0.4, 0.5) is 0 Å². The summed E-state index contributed by atoms with van der Waals surface area (Å²) in [6.07, 6.45) is 1.64. The molecular weight excluding hydrogens is 354 g/mol. The molecule has 2 amide bonds. The topological polar surface area (TPSA) is 70.7 Å². The molecule has 1 atom stereocenters. The van der Waals surface area contributed by atoms with Gasteiger partial charge in [-0.05, 0) is 31.9 Å². The van der Waals surface area contributed by atoms with Crippen molar-refractivity contribution >= 4 is 24.2 Å². The van der Waals surface area contributed by atoms with E-state index in [0.29, 0.717) is 38.3 Å². The number of nitrogens with zero attached hydrogens (tertiary/aromatic N) is 1. The van der Waals surface area contributed by atoms with Gasteiger partial charge in [-0.15, -0.1) is 12.4 Å². The van der Waals surface area contributed by atoms with Crippen LogP contribution >= 0.6 is 12.4 Å². The minimum atomic E-state index is -0.533. The Morgan fingerprint density at radius 2 is 1.92 bits per heavy atom. The number of likely N-dealkylation sites (tertiary alicyclic amines) is 1. The van der Waals surface area contributed by atoms with Gasteiger partial charge in [0, 0.05) is 45.4 Å². The van der Waals surface area contributed by atoms with E-state index in [1.807, 2.05) is 37.3 Å². The van der Waals surface area contributed by atoms with Crippen LogP contribution in [0.15, 0.2) is 30.3 Å². The smallest absolute Gasteiger partial charge is 0.253 e. The van der Waals surface area contributed by atoms with Crippen LogP contribution in [0.5, 0.6) is 0 Å². The van der Waals surface area contributed by atoms with Crippen LogP contribution in [-0.4, -0.2) is 63.2 Å². The summed E-state index contributed by atoms with van der Waals surface area (Å²) in [6, 6.07) is 9.25. The summed E-state index contributed by atoms with van der Waals surface area (Å²) in [5.74, 6) is 0.0205. The van der Waals surface area contributed by atoms with Crippen LogP contribution in [-0.2, 0) is 9.53 Å². The van der Waals surface area contributed by atoms with Crippen LogP contribution < -0.4 is 10.6 Å². The number of carbonyl (C=O) groups is 2. The number of carbonyl (C=O) groups excluding carboxylic acids is 2. The first-order valence-corrected chi connectivity index (χ1v) is 8.89. The molecule has 1 aromatic carbocycles. The van der Waals surface area contributed by atoms with Crippen molar-refractivity contribution in [3.8, 4) is 0 Å². The van der Waals surface area contributed by atoms with Gasteiger partial charge in [-0.2, -0.15) is 0 Å². The van der Waals surface area contributed by atoms with Crippen molar-refractivity contribution in [3.63, 3.8) is 0 Å². The molecule has 26 heavy (non-hydrogen) atoms. The molecule has 0 saturated carbocycles. The molecule has 0 aromatic heterocycles. The average Bonchev–Trinajstić information content (AvgIpc) is 2.64. The van der Waals surface area contributed by atoms with E-state index in [9.17, 15) is 9.59 Å². The highest BCUT2D eigenvalue weighted by Gasteiger charge is 2.39. The number of hydrogen-bond donors (Lipinski definition) is 2. The Morgan fingerprint density at radius 1 is 1.19 bits per heavy atom. The van der Waals surface area contributed by atoms with Crippen LogP contribution in [0, 0.1) is 5.41 Å². The van der Waals surface area contributed by atoms with Crippen molar-refractivity contribution in [2.45, 2.75) is 19.8 Å². The van der Waals surface area contributed by atoms with E-state index in [1.165, 1.54) is 0 Å². The monoisotopic (exact) mass is 383 g/mol. The number of piperidine rings is 1. The highest BCUT2D eigenvalue weighted by molar-refractivity contribution is 5.95. The zero-order valence-electron chi connectivity index (χ0n) is 15.6. The molecular formula is C19H30ClN3O3. The van der Waals surface area contributed by atoms with Crippen molar-refractivity contribution in [1.29, 1.82) is 0 Å². The highest BCUT2D eigenvalue weighted by atomic mass is 35.5. The molecule has 1 saturated heterocycles. The van der Waals surface area contributed by atoms with E-state index < -0.39 is 5.41 Å². The number of methoxy groups -OCH3 is 1. The highest BCUT2D eigenvalue weighted by Crippen LogP contribution is 2.30. The lowest BCUT2D eigenvalue weighted by molar-refractivity contribution is -0.132. The number of amides is 2. The standard InChI is InChI=1S/C19H29N3O3.ClH/c1-19(18(24)21-11-10-20-12-14-25-2)9-6-13-22(15-19)17(23)16-7-4-3-5-8-16;/h3-5,7-8,20H,6,9-15H2,1-2H3,(H,21,24);1H. The predicted molar refractivity (Wildman–Crippen MR) is 105 cm³/mol. The lowest BCUT2D eigenvalue weighted by atomic mass is 9.80. The van der Waals surface area contributed by atoms with E-state index in [1.54, 1.807) is 12.0 Å². The number of benzene rings is 1. The van der Waals surface area contributed by atoms with Gasteiger partial charge in [-0.1, -0.05) is 18.2 Å². The van der Waals surface area contributed by atoms with Crippen molar-refractivity contribution in [2.24, 2.45) is 5.41 Å². The first kappa shape index (κ1) is 22.4. The van der Waals surface area contributed by atoms with E-state index >= 15 is 0 Å². The van der Waals surface area contributed by atoms with E-state index in [4.69, 9.17) is 4.74 Å². The van der Waals surface area contributed by atoms with Crippen molar-refractivity contribution in [2.75, 3.05) is 46.4 Å². The van der Waals surface area contributed by atoms with Crippen molar-refractivity contribution in [1.82, 2.24) is 15.5 Å². The molecule has 0 aliphatic carbocycles.